The van der Waals surface area contributed by atoms with Crippen LogP contribution in [0.15, 0.2) is 18.2 Å². The Kier molecular flexibility index (Phi) is 4.42. The molecule has 3 nitrogen and oxygen atoms in total. The van der Waals surface area contributed by atoms with E-state index in [9.17, 15) is 4.79 Å². The van der Waals surface area contributed by atoms with Gasteiger partial charge < -0.3 is 10.1 Å². The van der Waals surface area contributed by atoms with Gasteiger partial charge in [-0.2, -0.15) is 0 Å². The largest absolute Gasteiger partial charge is 0.495 e. The standard InChI is InChI=1S/C10H11BrClNO2/c1-6(11)10(14)13-7-3-4-9(15-2)8(12)5-7/h3-6H,1-2H3,(H,13,14)/t6-/m0/s1. The van der Waals surface area contributed by atoms with E-state index in [1.54, 1.807) is 32.2 Å². The molecule has 0 bridgehead atoms. The number of carbonyl (C=O) groups excluding carboxylic acids is 1. The van der Waals surface area contributed by atoms with E-state index in [0.717, 1.165) is 0 Å². The maximum atomic E-state index is 11.3. The molecule has 0 aromatic heterocycles. The highest BCUT2D eigenvalue weighted by Crippen LogP contribution is 2.27. The number of benzene rings is 1. The molecule has 0 saturated heterocycles. The number of amides is 1. The minimum absolute atomic E-state index is 0.115. The van der Waals surface area contributed by atoms with E-state index in [4.69, 9.17) is 16.3 Å². The summed E-state index contributed by atoms with van der Waals surface area (Å²) >= 11 is 9.08. The number of carbonyl (C=O) groups is 1. The molecular formula is C10H11BrClNO2. The van der Waals surface area contributed by atoms with Crippen molar-refractivity contribution in [3.05, 3.63) is 23.2 Å². The molecule has 0 spiro atoms. The normalized spacial score (nSPS) is 12.0. The second-order valence-electron chi connectivity index (χ2n) is 2.95. The van der Waals surface area contributed by atoms with Crippen molar-refractivity contribution in [3.8, 4) is 5.75 Å². The zero-order valence-electron chi connectivity index (χ0n) is 8.38. The Hall–Kier alpha value is -0.740. The van der Waals surface area contributed by atoms with Crippen LogP contribution < -0.4 is 10.1 Å². The first kappa shape index (κ1) is 12.3. The third-order valence-electron chi connectivity index (χ3n) is 1.78. The average molecular weight is 293 g/mol. The van der Waals surface area contributed by atoms with E-state index in [-0.39, 0.29) is 10.7 Å². The van der Waals surface area contributed by atoms with Gasteiger partial charge in [0.05, 0.1) is 17.0 Å². The van der Waals surface area contributed by atoms with E-state index in [1.165, 1.54) is 0 Å². The Balaban J connectivity index is 2.80. The summed E-state index contributed by atoms with van der Waals surface area (Å²) in [6.45, 7) is 1.75. The van der Waals surface area contributed by atoms with Crippen molar-refractivity contribution in [2.45, 2.75) is 11.8 Å². The van der Waals surface area contributed by atoms with Gasteiger partial charge in [-0.25, -0.2) is 0 Å². The van der Waals surface area contributed by atoms with E-state index in [1.807, 2.05) is 0 Å². The maximum absolute atomic E-state index is 11.3. The number of halogens is 2. The Morgan fingerprint density at radius 2 is 2.27 bits per heavy atom. The summed E-state index contributed by atoms with van der Waals surface area (Å²) in [7, 11) is 1.54. The lowest BCUT2D eigenvalue weighted by Crippen LogP contribution is -2.19. The van der Waals surface area contributed by atoms with Gasteiger partial charge in [0.1, 0.15) is 5.75 Å². The first-order chi connectivity index (χ1) is 7.04. The second kappa shape index (κ2) is 5.37. The summed E-state index contributed by atoms with van der Waals surface area (Å²) in [6, 6.07) is 5.09. The molecule has 0 radical (unpaired) electrons. The third-order valence-corrected chi connectivity index (χ3v) is 2.49. The highest BCUT2D eigenvalue weighted by molar-refractivity contribution is 9.10. The SMILES string of the molecule is COc1ccc(NC(=O)[C@H](C)Br)cc1Cl. The molecule has 15 heavy (non-hydrogen) atoms. The molecule has 0 unspecified atom stereocenters. The molecule has 5 heteroatoms. The summed E-state index contributed by atoms with van der Waals surface area (Å²) in [6.07, 6.45) is 0. The molecule has 82 valence electrons. The van der Waals surface area contributed by atoms with E-state index < -0.39 is 0 Å². The van der Waals surface area contributed by atoms with Gasteiger partial charge in [-0.15, -0.1) is 0 Å². The van der Waals surface area contributed by atoms with Gasteiger partial charge >= 0.3 is 0 Å². The predicted octanol–water partition coefficient (Wildman–Crippen LogP) is 3.07. The van der Waals surface area contributed by atoms with E-state index in [2.05, 4.69) is 21.2 Å². The highest BCUT2D eigenvalue weighted by atomic mass is 79.9. The summed E-state index contributed by atoms with van der Waals surface area (Å²) in [5.74, 6) is 0.470. The van der Waals surface area contributed by atoms with Crippen LogP contribution in [-0.4, -0.2) is 17.8 Å². The smallest absolute Gasteiger partial charge is 0.237 e. The Bertz CT molecular complexity index is 368. The highest BCUT2D eigenvalue weighted by Gasteiger charge is 2.09. The Labute approximate surface area is 102 Å². The molecule has 1 rings (SSSR count). The van der Waals surface area contributed by atoms with Crippen molar-refractivity contribution in [2.75, 3.05) is 12.4 Å². The van der Waals surface area contributed by atoms with Crippen LogP contribution >= 0.6 is 27.5 Å². The monoisotopic (exact) mass is 291 g/mol. The minimum Gasteiger partial charge on any atom is -0.495 e. The van der Waals surface area contributed by atoms with Crippen molar-refractivity contribution in [1.82, 2.24) is 0 Å². The number of nitrogens with one attached hydrogen (secondary N) is 1. The fourth-order valence-electron chi connectivity index (χ4n) is 0.986. The summed E-state index contributed by atoms with van der Waals surface area (Å²) < 4.78 is 5.00. The van der Waals surface area contributed by atoms with Crippen LogP contribution in [0.1, 0.15) is 6.92 Å². The summed E-state index contributed by atoms with van der Waals surface area (Å²) in [5, 5.41) is 3.18. The Morgan fingerprint density at radius 3 is 2.73 bits per heavy atom. The van der Waals surface area contributed by atoms with Gasteiger partial charge in [0.15, 0.2) is 0 Å². The van der Waals surface area contributed by atoms with Gasteiger partial charge in [0.25, 0.3) is 0 Å². The molecule has 1 amide bonds. The lowest BCUT2D eigenvalue weighted by Gasteiger charge is -2.08. The van der Waals surface area contributed by atoms with E-state index in [0.29, 0.717) is 16.5 Å². The van der Waals surface area contributed by atoms with Crippen molar-refractivity contribution in [3.63, 3.8) is 0 Å². The topological polar surface area (TPSA) is 38.3 Å². The van der Waals surface area contributed by atoms with Crippen LogP contribution in [0, 0.1) is 0 Å². The van der Waals surface area contributed by atoms with Crippen molar-refractivity contribution in [1.29, 1.82) is 0 Å². The van der Waals surface area contributed by atoms with Gasteiger partial charge in [0, 0.05) is 5.69 Å². The molecule has 1 atom stereocenters. The van der Waals surface area contributed by atoms with Gasteiger partial charge in [-0.1, -0.05) is 27.5 Å². The number of hydrogen-bond acceptors (Lipinski definition) is 2. The van der Waals surface area contributed by atoms with Crippen molar-refractivity contribution in [2.24, 2.45) is 0 Å². The third kappa shape index (κ3) is 3.39. The van der Waals surface area contributed by atoms with Crippen LogP contribution in [-0.2, 0) is 4.79 Å². The van der Waals surface area contributed by atoms with Gasteiger partial charge in [0.2, 0.25) is 5.91 Å². The molecule has 0 saturated carbocycles. The van der Waals surface area contributed by atoms with Gasteiger partial charge in [-0.3, -0.25) is 4.79 Å². The molecule has 0 heterocycles. The lowest BCUT2D eigenvalue weighted by molar-refractivity contribution is -0.115. The van der Waals surface area contributed by atoms with Crippen LogP contribution in [0.3, 0.4) is 0 Å². The first-order valence-corrected chi connectivity index (χ1v) is 5.62. The molecular weight excluding hydrogens is 281 g/mol. The molecule has 0 fully saturated rings. The number of ether oxygens (including phenoxy) is 1. The van der Waals surface area contributed by atoms with Crippen LogP contribution in [0.2, 0.25) is 5.02 Å². The Morgan fingerprint density at radius 1 is 1.60 bits per heavy atom. The molecule has 0 aliphatic carbocycles. The average Bonchev–Trinajstić information content (AvgIpc) is 2.18. The zero-order valence-corrected chi connectivity index (χ0v) is 10.7. The van der Waals surface area contributed by atoms with E-state index >= 15 is 0 Å². The predicted molar refractivity (Wildman–Crippen MR) is 65.0 cm³/mol. The van der Waals surface area contributed by atoms with Crippen LogP contribution in [0.5, 0.6) is 5.75 Å². The fourth-order valence-corrected chi connectivity index (χ4v) is 1.36. The maximum Gasteiger partial charge on any atom is 0.237 e. The second-order valence-corrected chi connectivity index (χ2v) is 4.74. The number of alkyl halides is 1. The number of hydrogen-bond donors (Lipinski definition) is 1. The summed E-state index contributed by atoms with van der Waals surface area (Å²) in [5.41, 5.74) is 0.650. The number of anilines is 1. The number of rotatable bonds is 3. The van der Waals surface area contributed by atoms with Crippen LogP contribution in [0.25, 0.3) is 0 Å². The molecule has 0 aliphatic heterocycles. The van der Waals surface area contributed by atoms with Crippen molar-refractivity contribution >= 4 is 39.1 Å². The lowest BCUT2D eigenvalue weighted by atomic mass is 10.3. The fraction of sp³-hybridized carbons (Fsp3) is 0.300. The quantitative estimate of drug-likeness (QED) is 0.870. The van der Waals surface area contributed by atoms with Crippen molar-refractivity contribution < 1.29 is 9.53 Å². The molecule has 1 N–H and O–H groups in total. The van der Waals surface area contributed by atoms with Gasteiger partial charge in [-0.05, 0) is 25.1 Å². The van der Waals surface area contributed by atoms with Crippen LogP contribution in [0.4, 0.5) is 5.69 Å². The first-order valence-electron chi connectivity index (χ1n) is 4.33. The molecule has 0 aliphatic rings. The molecule has 1 aromatic carbocycles. The summed E-state index contributed by atoms with van der Waals surface area (Å²) in [4.78, 5) is 11.1. The molecule has 1 aromatic rings. The minimum atomic E-state index is -0.238. The zero-order chi connectivity index (χ0) is 11.4. The number of methoxy groups -OCH3 is 1.